The van der Waals surface area contributed by atoms with Crippen LogP contribution in [0.5, 0.6) is 0 Å². The molecule has 1 fully saturated rings. The van der Waals surface area contributed by atoms with E-state index in [0.29, 0.717) is 0 Å². The maximum Gasteiger partial charge on any atom is 0.188 e. The first kappa shape index (κ1) is 14.8. The van der Waals surface area contributed by atoms with Crippen molar-refractivity contribution in [1.29, 1.82) is 0 Å². The Hall–Kier alpha value is -1.14. The van der Waals surface area contributed by atoms with Gasteiger partial charge in [0.15, 0.2) is 10.8 Å². The molecule has 2 aromatic heterocycles. The lowest BCUT2D eigenvalue weighted by Gasteiger charge is -2.32. The summed E-state index contributed by atoms with van der Waals surface area (Å²) in [5.41, 5.74) is 2.11. The van der Waals surface area contributed by atoms with E-state index in [1.807, 2.05) is 11.7 Å². The van der Waals surface area contributed by atoms with Crippen LogP contribution in [-0.2, 0) is 11.8 Å². The van der Waals surface area contributed by atoms with E-state index in [-0.39, 0.29) is 0 Å². The zero-order valence-corrected chi connectivity index (χ0v) is 13.9. The lowest BCUT2D eigenvalue weighted by Crippen LogP contribution is -2.35. The average molecular weight is 308 g/mol. The van der Waals surface area contributed by atoms with Crippen LogP contribution < -0.4 is 4.90 Å². The summed E-state index contributed by atoms with van der Waals surface area (Å²) < 4.78 is 8.29. The Morgan fingerprint density at radius 3 is 3.05 bits per heavy atom. The number of aromatic nitrogens is 3. The van der Waals surface area contributed by atoms with E-state index in [9.17, 15) is 0 Å². The van der Waals surface area contributed by atoms with Crippen LogP contribution in [0.25, 0.3) is 10.3 Å². The van der Waals surface area contributed by atoms with E-state index in [1.165, 1.54) is 24.0 Å². The molecule has 1 atom stereocenters. The topological polar surface area (TPSA) is 43.2 Å². The molecule has 0 aliphatic carbocycles. The van der Waals surface area contributed by atoms with Gasteiger partial charge in [0.1, 0.15) is 0 Å². The van der Waals surface area contributed by atoms with Gasteiger partial charge in [0.2, 0.25) is 0 Å². The van der Waals surface area contributed by atoms with Gasteiger partial charge in [0.25, 0.3) is 0 Å². The van der Waals surface area contributed by atoms with Crippen LogP contribution in [-0.4, -0.2) is 41.6 Å². The lowest BCUT2D eigenvalue weighted by molar-refractivity contribution is 0.184. The molecule has 3 heterocycles. The third-order valence-corrected chi connectivity index (χ3v) is 5.50. The molecule has 1 unspecified atom stereocenters. The number of anilines is 1. The van der Waals surface area contributed by atoms with E-state index in [1.54, 1.807) is 18.4 Å². The van der Waals surface area contributed by atoms with Crippen molar-refractivity contribution < 1.29 is 4.74 Å². The number of methoxy groups -OCH3 is 1. The maximum atomic E-state index is 5.17. The molecule has 1 aliphatic rings. The molecule has 0 saturated carbocycles. The van der Waals surface area contributed by atoms with E-state index in [0.717, 1.165) is 48.5 Å². The van der Waals surface area contributed by atoms with Gasteiger partial charge in [-0.2, -0.15) is 5.10 Å². The third-order valence-electron chi connectivity index (χ3n) is 4.28. The van der Waals surface area contributed by atoms with Crippen LogP contribution in [0, 0.1) is 12.8 Å². The first-order chi connectivity index (χ1) is 10.2. The van der Waals surface area contributed by atoms with Crippen LogP contribution in [0.4, 0.5) is 5.13 Å². The van der Waals surface area contributed by atoms with Gasteiger partial charge in [0, 0.05) is 33.9 Å². The molecule has 5 nitrogen and oxygen atoms in total. The first-order valence-electron chi connectivity index (χ1n) is 7.73. The van der Waals surface area contributed by atoms with Crippen molar-refractivity contribution in [3.8, 4) is 0 Å². The molecule has 3 rings (SSSR count). The predicted molar refractivity (Wildman–Crippen MR) is 87.2 cm³/mol. The second kappa shape index (κ2) is 6.32. The van der Waals surface area contributed by atoms with Crippen molar-refractivity contribution in [2.24, 2.45) is 13.0 Å². The van der Waals surface area contributed by atoms with Crippen LogP contribution >= 0.6 is 11.3 Å². The Bertz CT molecular complexity index is 572. The van der Waals surface area contributed by atoms with Crippen molar-refractivity contribution in [2.45, 2.75) is 32.6 Å². The molecule has 116 valence electrons. The molecule has 0 amide bonds. The molecule has 21 heavy (non-hydrogen) atoms. The maximum absolute atomic E-state index is 5.17. The number of rotatable bonds is 5. The molecule has 0 N–H and O–H groups in total. The van der Waals surface area contributed by atoms with Crippen molar-refractivity contribution in [3.05, 3.63) is 5.69 Å². The Kier molecular flexibility index (Phi) is 4.45. The quantitative estimate of drug-likeness (QED) is 0.797. The Morgan fingerprint density at radius 1 is 1.43 bits per heavy atom. The number of nitrogens with zero attached hydrogens (tertiary/aromatic N) is 4. The largest absolute Gasteiger partial charge is 0.385 e. The molecule has 1 saturated heterocycles. The van der Waals surface area contributed by atoms with Gasteiger partial charge >= 0.3 is 0 Å². The van der Waals surface area contributed by atoms with Gasteiger partial charge in [-0.05, 0) is 38.5 Å². The molecule has 2 aromatic rings. The second-order valence-corrected chi connectivity index (χ2v) is 6.93. The standard InChI is InChI=1S/C15H24N4OS/c1-11-13-14(18(2)17-11)16-15(21-13)19-8-4-6-12(10-19)7-5-9-20-3/h12H,4-10H2,1-3H3. The van der Waals surface area contributed by atoms with E-state index in [4.69, 9.17) is 9.72 Å². The smallest absolute Gasteiger partial charge is 0.188 e. The fourth-order valence-corrected chi connectivity index (χ4v) is 4.27. The van der Waals surface area contributed by atoms with Crippen LogP contribution in [0.2, 0.25) is 0 Å². The SMILES string of the molecule is COCCCC1CCCN(c2nc3c(s2)c(C)nn3C)C1. The predicted octanol–water partition coefficient (Wildman–Crippen LogP) is 2.98. The number of thiazole rings is 1. The molecule has 0 bridgehead atoms. The van der Waals surface area contributed by atoms with Crippen LogP contribution in [0.3, 0.4) is 0 Å². The summed E-state index contributed by atoms with van der Waals surface area (Å²) in [4.78, 5) is 7.27. The van der Waals surface area contributed by atoms with Crippen molar-refractivity contribution >= 4 is 26.8 Å². The minimum absolute atomic E-state index is 0.778. The molecule has 0 radical (unpaired) electrons. The molecule has 1 aliphatic heterocycles. The van der Waals surface area contributed by atoms with Crippen LogP contribution in [0.1, 0.15) is 31.4 Å². The van der Waals surface area contributed by atoms with E-state index >= 15 is 0 Å². The minimum atomic E-state index is 0.778. The van der Waals surface area contributed by atoms with Crippen molar-refractivity contribution in [3.63, 3.8) is 0 Å². The number of piperidine rings is 1. The fraction of sp³-hybridized carbons (Fsp3) is 0.733. The first-order valence-corrected chi connectivity index (χ1v) is 8.54. The normalized spacial score (nSPS) is 19.6. The number of ether oxygens (including phenoxy) is 1. The summed E-state index contributed by atoms with van der Waals surface area (Å²) in [6.07, 6.45) is 5.03. The summed E-state index contributed by atoms with van der Waals surface area (Å²) in [5, 5.41) is 5.60. The average Bonchev–Trinajstić information content (AvgIpc) is 3.02. The Balaban J connectivity index is 1.71. The minimum Gasteiger partial charge on any atom is -0.385 e. The highest BCUT2D eigenvalue weighted by Gasteiger charge is 2.23. The monoisotopic (exact) mass is 308 g/mol. The van der Waals surface area contributed by atoms with E-state index < -0.39 is 0 Å². The number of hydrogen-bond donors (Lipinski definition) is 0. The fourth-order valence-electron chi connectivity index (χ4n) is 3.20. The van der Waals surface area contributed by atoms with Gasteiger partial charge in [0.05, 0.1) is 10.4 Å². The number of fused-ring (bicyclic) bond motifs is 1. The highest BCUT2D eigenvalue weighted by atomic mass is 32.1. The number of aryl methyl sites for hydroxylation is 2. The molecule has 0 spiro atoms. The molecular formula is C15H24N4OS. The van der Waals surface area contributed by atoms with Gasteiger partial charge in [-0.15, -0.1) is 0 Å². The van der Waals surface area contributed by atoms with Crippen molar-refractivity contribution in [2.75, 3.05) is 31.7 Å². The summed E-state index contributed by atoms with van der Waals surface area (Å²) >= 11 is 1.79. The van der Waals surface area contributed by atoms with Gasteiger partial charge in [-0.25, -0.2) is 9.67 Å². The highest BCUT2D eigenvalue weighted by molar-refractivity contribution is 7.22. The van der Waals surface area contributed by atoms with Crippen LogP contribution in [0.15, 0.2) is 0 Å². The van der Waals surface area contributed by atoms with Gasteiger partial charge < -0.3 is 9.64 Å². The summed E-state index contributed by atoms with van der Waals surface area (Å²) in [6, 6.07) is 0. The zero-order chi connectivity index (χ0) is 14.8. The summed E-state index contributed by atoms with van der Waals surface area (Å²) in [5.74, 6) is 0.778. The summed E-state index contributed by atoms with van der Waals surface area (Å²) in [6.45, 7) is 5.21. The molecule has 6 heteroatoms. The van der Waals surface area contributed by atoms with Gasteiger partial charge in [-0.3, -0.25) is 0 Å². The Labute approximate surface area is 129 Å². The third kappa shape index (κ3) is 3.06. The highest BCUT2D eigenvalue weighted by Crippen LogP contribution is 2.33. The lowest BCUT2D eigenvalue weighted by atomic mass is 9.94. The zero-order valence-electron chi connectivity index (χ0n) is 13.1. The van der Waals surface area contributed by atoms with Crippen molar-refractivity contribution in [1.82, 2.24) is 14.8 Å². The van der Waals surface area contributed by atoms with Gasteiger partial charge in [-0.1, -0.05) is 11.3 Å². The number of hydrogen-bond acceptors (Lipinski definition) is 5. The van der Waals surface area contributed by atoms with E-state index in [2.05, 4.69) is 16.9 Å². The Morgan fingerprint density at radius 2 is 2.29 bits per heavy atom. The second-order valence-electron chi connectivity index (χ2n) is 5.95. The molecular weight excluding hydrogens is 284 g/mol. The summed E-state index contributed by atoms with van der Waals surface area (Å²) in [7, 11) is 3.76. The molecule has 0 aromatic carbocycles.